The van der Waals surface area contributed by atoms with E-state index in [1.165, 1.54) is 0 Å². The quantitative estimate of drug-likeness (QED) is 0.549. The van der Waals surface area contributed by atoms with E-state index in [0.717, 1.165) is 0 Å². The molecule has 0 aromatic carbocycles. The maximum Gasteiger partial charge on any atom is 0.354 e. The summed E-state index contributed by atoms with van der Waals surface area (Å²) in [6.45, 7) is 6.02. The Labute approximate surface area is 135 Å². The second kappa shape index (κ2) is 9.66. The maximum absolute atomic E-state index is 11.8. The molecular formula is C16H23NO6. The molecule has 1 aromatic rings. The molecule has 0 amide bonds. The van der Waals surface area contributed by atoms with Gasteiger partial charge in [0.1, 0.15) is 5.69 Å². The minimum atomic E-state index is -0.500. The highest BCUT2D eigenvalue weighted by Gasteiger charge is 2.18. The van der Waals surface area contributed by atoms with Crippen molar-refractivity contribution in [2.24, 2.45) is 0 Å². The third-order valence-electron chi connectivity index (χ3n) is 3.01. The maximum atomic E-state index is 11.8. The van der Waals surface area contributed by atoms with Gasteiger partial charge < -0.3 is 19.2 Å². The van der Waals surface area contributed by atoms with E-state index >= 15 is 0 Å². The zero-order chi connectivity index (χ0) is 17.2. The number of esters is 3. The third kappa shape index (κ3) is 6.14. The smallest absolute Gasteiger partial charge is 0.354 e. The number of nitrogens with one attached hydrogen (secondary N) is 1. The van der Waals surface area contributed by atoms with Gasteiger partial charge in [0.15, 0.2) is 0 Å². The van der Waals surface area contributed by atoms with E-state index in [0.29, 0.717) is 24.3 Å². The van der Waals surface area contributed by atoms with Crippen LogP contribution in [0.5, 0.6) is 0 Å². The molecule has 0 saturated carbocycles. The summed E-state index contributed by atoms with van der Waals surface area (Å²) in [7, 11) is 0. The molecule has 1 N–H and O–H groups in total. The van der Waals surface area contributed by atoms with Gasteiger partial charge in [0.05, 0.1) is 32.7 Å². The molecule has 128 valence electrons. The van der Waals surface area contributed by atoms with Crippen LogP contribution in [0.4, 0.5) is 0 Å². The van der Waals surface area contributed by atoms with Gasteiger partial charge in [-0.1, -0.05) is 0 Å². The largest absolute Gasteiger partial charge is 0.466 e. The van der Waals surface area contributed by atoms with E-state index in [9.17, 15) is 14.4 Å². The summed E-state index contributed by atoms with van der Waals surface area (Å²) in [5.41, 5.74) is 1.51. The Hall–Kier alpha value is -2.31. The first-order valence-electron chi connectivity index (χ1n) is 7.70. The minimum Gasteiger partial charge on any atom is -0.466 e. The average molecular weight is 325 g/mol. The SMILES string of the molecule is CCOC(=O)CCc1[nH]c(C(=O)OCC)cc1CC(=O)OCC. The lowest BCUT2D eigenvalue weighted by Crippen LogP contribution is -2.10. The lowest BCUT2D eigenvalue weighted by Gasteiger charge is -2.04. The van der Waals surface area contributed by atoms with Crippen molar-refractivity contribution in [3.63, 3.8) is 0 Å². The summed E-state index contributed by atoms with van der Waals surface area (Å²) in [5.74, 6) is -1.22. The monoisotopic (exact) mass is 325 g/mol. The molecule has 23 heavy (non-hydrogen) atoms. The van der Waals surface area contributed by atoms with Gasteiger partial charge in [-0.05, 0) is 38.8 Å². The lowest BCUT2D eigenvalue weighted by molar-refractivity contribution is -0.143. The van der Waals surface area contributed by atoms with Crippen molar-refractivity contribution in [3.8, 4) is 0 Å². The van der Waals surface area contributed by atoms with Gasteiger partial charge in [0.25, 0.3) is 0 Å². The Bertz CT molecular complexity index is 549. The molecule has 0 unspecified atom stereocenters. The number of carbonyl (C=O) groups is 3. The second-order valence-electron chi connectivity index (χ2n) is 4.69. The fourth-order valence-electron chi connectivity index (χ4n) is 2.07. The highest BCUT2D eigenvalue weighted by atomic mass is 16.5. The molecule has 1 aromatic heterocycles. The normalized spacial score (nSPS) is 10.2. The van der Waals surface area contributed by atoms with Crippen molar-refractivity contribution in [2.75, 3.05) is 19.8 Å². The number of aromatic nitrogens is 1. The van der Waals surface area contributed by atoms with Crippen molar-refractivity contribution in [2.45, 2.75) is 40.0 Å². The molecule has 1 heterocycles. The van der Waals surface area contributed by atoms with Crippen LogP contribution in [-0.4, -0.2) is 42.7 Å². The van der Waals surface area contributed by atoms with Crippen LogP contribution in [0.1, 0.15) is 48.9 Å². The summed E-state index contributed by atoms with van der Waals surface area (Å²) < 4.78 is 14.7. The molecule has 0 aliphatic heterocycles. The molecule has 0 aliphatic carbocycles. The summed E-state index contributed by atoms with van der Waals surface area (Å²) in [5, 5.41) is 0. The molecule has 0 saturated heterocycles. The molecule has 7 heteroatoms. The summed E-state index contributed by atoms with van der Waals surface area (Å²) in [6.07, 6.45) is 0.529. The summed E-state index contributed by atoms with van der Waals surface area (Å²) in [6, 6.07) is 1.56. The topological polar surface area (TPSA) is 94.7 Å². The number of hydrogen-bond donors (Lipinski definition) is 1. The second-order valence-corrected chi connectivity index (χ2v) is 4.69. The number of rotatable bonds is 9. The van der Waals surface area contributed by atoms with Gasteiger partial charge in [-0.2, -0.15) is 0 Å². The van der Waals surface area contributed by atoms with Gasteiger partial charge >= 0.3 is 17.9 Å². The van der Waals surface area contributed by atoms with E-state index in [2.05, 4.69) is 4.98 Å². The average Bonchev–Trinajstić information content (AvgIpc) is 2.89. The van der Waals surface area contributed by atoms with E-state index < -0.39 is 5.97 Å². The van der Waals surface area contributed by atoms with Crippen LogP contribution in [0.15, 0.2) is 6.07 Å². The van der Waals surface area contributed by atoms with Gasteiger partial charge in [0, 0.05) is 5.69 Å². The molecule has 1 rings (SSSR count). The first-order valence-corrected chi connectivity index (χ1v) is 7.70. The first-order chi connectivity index (χ1) is 11.0. The number of aryl methyl sites for hydroxylation is 1. The van der Waals surface area contributed by atoms with Crippen LogP contribution in [0, 0.1) is 0 Å². The fourth-order valence-corrected chi connectivity index (χ4v) is 2.07. The van der Waals surface area contributed by atoms with E-state index in [1.807, 2.05) is 0 Å². The van der Waals surface area contributed by atoms with Crippen molar-refractivity contribution in [1.29, 1.82) is 0 Å². The molecule has 0 radical (unpaired) electrons. The van der Waals surface area contributed by atoms with Gasteiger partial charge in [0.2, 0.25) is 0 Å². The Balaban J connectivity index is 2.87. The highest BCUT2D eigenvalue weighted by Crippen LogP contribution is 2.16. The summed E-state index contributed by atoms with van der Waals surface area (Å²) in [4.78, 5) is 37.9. The molecule has 0 aliphatic rings. The minimum absolute atomic E-state index is 0.0297. The van der Waals surface area contributed by atoms with Crippen LogP contribution in [-0.2, 0) is 36.6 Å². The van der Waals surface area contributed by atoms with Gasteiger partial charge in [-0.25, -0.2) is 4.79 Å². The summed E-state index contributed by atoms with van der Waals surface area (Å²) >= 11 is 0. The first kappa shape index (κ1) is 18.7. The molecule has 0 fully saturated rings. The predicted octanol–water partition coefficient (Wildman–Crippen LogP) is 1.79. The number of H-pyrrole nitrogens is 1. The Morgan fingerprint density at radius 2 is 1.57 bits per heavy atom. The molecule has 0 bridgehead atoms. The Morgan fingerprint density at radius 1 is 0.957 bits per heavy atom. The van der Waals surface area contributed by atoms with E-state index in [1.54, 1.807) is 26.8 Å². The van der Waals surface area contributed by atoms with E-state index in [-0.39, 0.29) is 43.7 Å². The molecule has 7 nitrogen and oxygen atoms in total. The number of aromatic amines is 1. The van der Waals surface area contributed by atoms with Crippen molar-refractivity contribution >= 4 is 17.9 Å². The van der Waals surface area contributed by atoms with Crippen LogP contribution >= 0.6 is 0 Å². The third-order valence-corrected chi connectivity index (χ3v) is 3.01. The molecule has 0 spiro atoms. The van der Waals surface area contributed by atoms with Gasteiger partial charge in [-0.15, -0.1) is 0 Å². The number of hydrogen-bond acceptors (Lipinski definition) is 6. The van der Waals surface area contributed by atoms with Gasteiger partial charge in [-0.3, -0.25) is 9.59 Å². The number of ether oxygens (including phenoxy) is 3. The van der Waals surface area contributed by atoms with Crippen molar-refractivity contribution < 1.29 is 28.6 Å². The van der Waals surface area contributed by atoms with Crippen LogP contribution in [0.2, 0.25) is 0 Å². The van der Waals surface area contributed by atoms with Crippen molar-refractivity contribution in [1.82, 2.24) is 4.98 Å². The van der Waals surface area contributed by atoms with Crippen LogP contribution < -0.4 is 0 Å². The molecule has 0 atom stereocenters. The highest BCUT2D eigenvalue weighted by molar-refractivity contribution is 5.88. The Kier molecular flexibility index (Phi) is 7.87. The van der Waals surface area contributed by atoms with Crippen LogP contribution in [0.3, 0.4) is 0 Å². The molecular weight excluding hydrogens is 302 g/mol. The lowest BCUT2D eigenvalue weighted by atomic mass is 10.1. The zero-order valence-corrected chi connectivity index (χ0v) is 13.8. The standard InChI is InChI=1S/C16H23NO6/c1-4-21-14(18)8-7-12-11(10-15(19)22-5-2)9-13(17-12)16(20)23-6-3/h9,17H,4-8,10H2,1-3H3. The van der Waals surface area contributed by atoms with Crippen LogP contribution in [0.25, 0.3) is 0 Å². The number of carbonyl (C=O) groups excluding carboxylic acids is 3. The fraction of sp³-hybridized carbons (Fsp3) is 0.562. The van der Waals surface area contributed by atoms with Crippen molar-refractivity contribution in [3.05, 3.63) is 23.0 Å². The zero-order valence-electron chi connectivity index (χ0n) is 13.8. The Morgan fingerprint density at radius 3 is 2.17 bits per heavy atom. The predicted molar refractivity (Wildman–Crippen MR) is 82.0 cm³/mol. The van der Waals surface area contributed by atoms with E-state index in [4.69, 9.17) is 14.2 Å².